The van der Waals surface area contributed by atoms with Gasteiger partial charge in [0.15, 0.2) is 0 Å². The van der Waals surface area contributed by atoms with E-state index in [0.29, 0.717) is 6.04 Å². The quantitative estimate of drug-likeness (QED) is 0.752. The molecule has 2 rings (SSSR count). The summed E-state index contributed by atoms with van der Waals surface area (Å²) in [6.45, 7) is 4.79. The van der Waals surface area contributed by atoms with Crippen molar-refractivity contribution in [3.8, 4) is 5.75 Å². The summed E-state index contributed by atoms with van der Waals surface area (Å²) in [5, 5.41) is 0. The highest BCUT2D eigenvalue weighted by molar-refractivity contribution is 5.30. The Bertz CT molecular complexity index is 371. The van der Waals surface area contributed by atoms with Crippen molar-refractivity contribution in [1.82, 2.24) is 4.90 Å². The normalized spacial score (nSPS) is 18.2. The summed E-state index contributed by atoms with van der Waals surface area (Å²) < 4.78 is 5.38. The Labute approximate surface area is 117 Å². The van der Waals surface area contributed by atoms with E-state index in [4.69, 9.17) is 4.74 Å². The standard InChI is InChI=1S/C17H27NO/c1-3-4-11-17(18-12-6-5-7-13-18)15-9-8-10-16(14-15)19-2/h8-10,14,17H,3-7,11-13H2,1-2H3. The molecule has 1 heterocycles. The minimum atomic E-state index is 0.579. The van der Waals surface area contributed by atoms with Gasteiger partial charge in [-0.05, 0) is 50.0 Å². The summed E-state index contributed by atoms with van der Waals surface area (Å²) >= 11 is 0. The van der Waals surface area contributed by atoms with Crippen molar-refractivity contribution in [2.45, 2.75) is 51.5 Å². The number of hydrogen-bond donors (Lipinski definition) is 0. The number of nitrogens with zero attached hydrogens (tertiary/aromatic N) is 1. The monoisotopic (exact) mass is 261 g/mol. The maximum Gasteiger partial charge on any atom is 0.119 e. The summed E-state index contributed by atoms with van der Waals surface area (Å²) in [6, 6.07) is 9.22. The molecule has 1 aliphatic rings. The minimum absolute atomic E-state index is 0.579. The third kappa shape index (κ3) is 3.97. The molecule has 0 aliphatic carbocycles. The number of likely N-dealkylation sites (tertiary alicyclic amines) is 1. The second-order valence-corrected chi connectivity index (χ2v) is 5.53. The first-order valence-corrected chi connectivity index (χ1v) is 7.73. The van der Waals surface area contributed by atoms with Crippen molar-refractivity contribution in [3.63, 3.8) is 0 Å². The highest BCUT2D eigenvalue weighted by Gasteiger charge is 2.21. The van der Waals surface area contributed by atoms with E-state index in [-0.39, 0.29) is 0 Å². The van der Waals surface area contributed by atoms with Gasteiger partial charge in [-0.25, -0.2) is 0 Å². The van der Waals surface area contributed by atoms with E-state index in [0.717, 1.165) is 5.75 Å². The largest absolute Gasteiger partial charge is 0.497 e. The van der Waals surface area contributed by atoms with E-state index < -0.39 is 0 Å². The Morgan fingerprint density at radius 2 is 2.00 bits per heavy atom. The van der Waals surface area contributed by atoms with E-state index in [1.165, 1.54) is 57.2 Å². The van der Waals surface area contributed by atoms with Crippen molar-refractivity contribution < 1.29 is 4.74 Å². The molecule has 0 amide bonds. The van der Waals surface area contributed by atoms with Gasteiger partial charge in [0.05, 0.1) is 7.11 Å². The molecule has 1 unspecified atom stereocenters. The lowest BCUT2D eigenvalue weighted by Crippen LogP contribution is -2.33. The van der Waals surface area contributed by atoms with Crippen molar-refractivity contribution in [2.75, 3.05) is 20.2 Å². The number of methoxy groups -OCH3 is 1. The Hall–Kier alpha value is -1.02. The van der Waals surface area contributed by atoms with Gasteiger partial charge in [0.25, 0.3) is 0 Å². The summed E-state index contributed by atoms with van der Waals surface area (Å²) in [5.74, 6) is 0.982. The van der Waals surface area contributed by atoms with E-state index >= 15 is 0 Å². The maximum atomic E-state index is 5.38. The van der Waals surface area contributed by atoms with Gasteiger partial charge in [-0.1, -0.05) is 38.3 Å². The number of rotatable bonds is 6. The summed E-state index contributed by atoms with van der Waals surface area (Å²) in [4.78, 5) is 2.67. The van der Waals surface area contributed by atoms with E-state index in [1.54, 1.807) is 7.11 Å². The number of ether oxygens (including phenoxy) is 1. The van der Waals surface area contributed by atoms with Crippen molar-refractivity contribution in [3.05, 3.63) is 29.8 Å². The zero-order valence-corrected chi connectivity index (χ0v) is 12.4. The van der Waals surface area contributed by atoms with Gasteiger partial charge in [0, 0.05) is 6.04 Å². The molecule has 1 saturated heterocycles. The molecule has 0 N–H and O–H groups in total. The summed E-state index contributed by atoms with van der Waals surface area (Å²) in [5.41, 5.74) is 1.43. The van der Waals surface area contributed by atoms with Crippen LogP contribution in [0, 0.1) is 0 Å². The molecular formula is C17H27NO. The van der Waals surface area contributed by atoms with E-state index in [9.17, 15) is 0 Å². The van der Waals surface area contributed by atoms with Crippen LogP contribution in [0.4, 0.5) is 0 Å². The second kappa shape index (κ2) is 7.54. The smallest absolute Gasteiger partial charge is 0.119 e. The van der Waals surface area contributed by atoms with E-state index in [2.05, 4.69) is 30.0 Å². The highest BCUT2D eigenvalue weighted by Crippen LogP contribution is 2.30. The molecule has 2 heteroatoms. The number of benzene rings is 1. The van der Waals surface area contributed by atoms with Crippen LogP contribution in [0.15, 0.2) is 24.3 Å². The molecule has 1 aromatic rings. The van der Waals surface area contributed by atoms with Gasteiger partial charge in [-0.15, -0.1) is 0 Å². The molecule has 1 aromatic carbocycles. The molecule has 106 valence electrons. The predicted octanol–water partition coefficient (Wildman–Crippen LogP) is 4.41. The second-order valence-electron chi connectivity index (χ2n) is 5.53. The van der Waals surface area contributed by atoms with Crippen LogP contribution in [0.1, 0.15) is 57.1 Å². The average Bonchev–Trinajstić information content (AvgIpc) is 2.49. The van der Waals surface area contributed by atoms with Gasteiger partial charge in [-0.2, -0.15) is 0 Å². The fourth-order valence-electron chi connectivity index (χ4n) is 3.04. The van der Waals surface area contributed by atoms with Crippen molar-refractivity contribution in [1.29, 1.82) is 0 Å². The highest BCUT2D eigenvalue weighted by atomic mass is 16.5. The lowest BCUT2D eigenvalue weighted by atomic mass is 9.97. The Morgan fingerprint density at radius 3 is 2.68 bits per heavy atom. The molecule has 1 fully saturated rings. The fourth-order valence-corrected chi connectivity index (χ4v) is 3.04. The van der Waals surface area contributed by atoms with Crippen molar-refractivity contribution in [2.24, 2.45) is 0 Å². The van der Waals surface area contributed by atoms with Crippen LogP contribution in [0.25, 0.3) is 0 Å². The first-order valence-electron chi connectivity index (χ1n) is 7.73. The number of piperidine rings is 1. The van der Waals surface area contributed by atoms with Gasteiger partial charge < -0.3 is 4.74 Å². The first kappa shape index (κ1) is 14.4. The Kier molecular flexibility index (Phi) is 5.71. The van der Waals surface area contributed by atoms with Crippen LogP contribution in [0.2, 0.25) is 0 Å². The molecule has 1 atom stereocenters. The van der Waals surface area contributed by atoms with Crippen LogP contribution in [-0.4, -0.2) is 25.1 Å². The van der Waals surface area contributed by atoms with Gasteiger partial charge >= 0.3 is 0 Å². The van der Waals surface area contributed by atoms with Gasteiger partial charge in [-0.3, -0.25) is 4.90 Å². The third-order valence-corrected chi connectivity index (χ3v) is 4.14. The van der Waals surface area contributed by atoms with Gasteiger partial charge in [0.2, 0.25) is 0 Å². The first-order chi connectivity index (χ1) is 9.35. The minimum Gasteiger partial charge on any atom is -0.497 e. The molecule has 0 bridgehead atoms. The SMILES string of the molecule is CCCCC(c1cccc(OC)c1)N1CCCCC1. The van der Waals surface area contributed by atoms with Gasteiger partial charge in [0.1, 0.15) is 5.75 Å². The molecule has 1 aliphatic heterocycles. The van der Waals surface area contributed by atoms with Crippen LogP contribution in [-0.2, 0) is 0 Å². The zero-order valence-electron chi connectivity index (χ0n) is 12.4. The zero-order chi connectivity index (χ0) is 13.5. The molecular weight excluding hydrogens is 234 g/mol. The Balaban J connectivity index is 2.14. The topological polar surface area (TPSA) is 12.5 Å². The van der Waals surface area contributed by atoms with E-state index in [1.807, 2.05) is 6.07 Å². The molecule has 0 spiro atoms. The Morgan fingerprint density at radius 1 is 1.21 bits per heavy atom. The molecule has 0 aromatic heterocycles. The summed E-state index contributed by atoms with van der Waals surface area (Å²) in [6.07, 6.45) is 7.95. The van der Waals surface area contributed by atoms with Crippen LogP contribution in [0.3, 0.4) is 0 Å². The van der Waals surface area contributed by atoms with Crippen molar-refractivity contribution >= 4 is 0 Å². The number of unbranched alkanes of at least 4 members (excludes halogenated alkanes) is 1. The third-order valence-electron chi connectivity index (χ3n) is 4.14. The summed E-state index contributed by atoms with van der Waals surface area (Å²) in [7, 11) is 1.75. The predicted molar refractivity (Wildman–Crippen MR) is 80.7 cm³/mol. The molecule has 19 heavy (non-hydrogen) atoms. The van der Waals surface area contributed by atoms with Crippen LogP contribution < -0.4 is 4.74 Å². The molecule has 0 saturated carbocycles. The number of hydrogen-bond acceptors (Lipinski definition) is 2. The molecule has 0 radical (unpaired) electrons. The maximum absolute atomic E-state index is 5.38. The lowest BCUT2D eigenvalue weighted by Gasteiger charge is -2.35. The van der Waals surface area contributed by atoms with Crippen LogP contribution in [0.5, 0.6) is 5.75 Å². The average molecular weight is 261 g/mol. The molecule has 2 nitrogen and oxygen atoms in total. The fraction of sp³-hybridized carbons (Fsp3) is 0.647. The van der Waals surface area contributed by atoms with Crippen LogP contribution >= 0.6 is 0 Å². The lowest BCUT2D eigenvalue weighted by molar-refractivity contribution is 0.153.